The van der Waals surface area contributed by atoms with Gasteiger partial charge in [-0.25, -0.2) is 8.42 Å². The van der Waals surface area contributed by atoms with Gasteiger partial charge in [0.05, 0.1) is 5.02 Å². The van der Waals surface area contributed by atoms with Gasteiger partial charge in [-0.05, 0) is 29.3 Å². The van der Waals surface area contributed by atoms with E-state index in [1.165, 1.54) is 10.4 Å². The number of amides is 1. The third-order valence-electron chi connectivity index (χ3n) is 5.22. The average molecular weight is 441 g/mol. The summed E-state index contributed by atoms with van der Waals surface area (Å²) in [6, 6.07) is 23.7. The summed E-state index contributed by atoms with van der Waals surface area (Å²) in [4.78, 5) is 15.0. The maximum atomic E-state index is 13.2. The van der Waals surface area contributed by atoms with Gasteiger partial charge in [0.25, 0.3) is 5.91 Å². The van der Waals surface area contributed by atoms with Crippen molar-refractivity contribution in [1.82, 2.24) is 9.21 Å². The molecule has 0 unspecified atom stereocenters. The molecule has 0 N–H and O–H groups in total. The molecule has 1 fully saturated rings. The molecule has 1 aliphatic rings. The van der Waals surface area contributed by atoms with Gasteiger partial charge in [-0.1, -0.05) is 72.3 Å². The molecular formula is C23H21ClN2O3S. The summed E-state index contributed by atoms with van der Waals surface area (Å²) in [5.74, 6) is -0.0933. The summed E-state index contributed by atoms with van der Waals surface area (Å²) in [6.07, 6.45) is 0. The molecule has 30 heavy (non-hydrogen) atoms. The maximum Gasteiger partial charge on any atom is 0.254 e. The van der Waals surface area contributed by atoms with E-state index < -0.39 is 10.0 Å². The van der Waals surface area contributed by atoms with Crippen LogP contribution in [0.25, 0.3) is 11.1 Å². The zero-order chi connectivity index (χ0) is 21.1. The summed E-state index contributed by atoms with van der Waals surface area (Å²) in [5.41, 5.74) is 2.46. The Morgan fingerprint density at radius 1 is 0.767 bits per heavy atom. The van der Waals surface area contributed by atoms with E-state index in [0.717, 1.165) is 11.1 Å². The van der Waals surface area contributed by atoms with Crippen molar-refractivity contribution in [3.63, 3.8) is 0 Å². The standard InChI is InChI=1S/C23H21ClN2O3S/c24-21-12-6-7-13-22(21)30(28,29)26-16-14-25(15-17-26)23(27)20-11-5-4-10-19(20)18-8-2-1-3-9-18/h1-13H,14-17H2. The van der Waals surface area contributed by atoms with Gasteiger partial charge < -0.3 is 4.90 Å². The molecule has 0 radical (unpaired) electrons. The summed E-state index contributed by atoms with van der Waals surface area (Å²) in [5, 5.41) is 0.202. The van der Waals surface area contributed by atoms with Gasteiger partial charge in [-0.2, -0.15) is 4.31 Å². The molecule has 0 atom stereocenters. The highest BCUT2D eigenvalue weighted by Gasteiger charge is 2.32. The molecule has 4 rings (SSSR count). The molecule has 0 saturated carbocycles. The van der Waals surface area contributed by atoms with E-state index >= 15 is 0 Å². The van der Waals surface area contributed by atoms with Gasteiger partial charge in [-0.3, -0.25) is 4.79 Å². The molecule has 3 aromatic rings. The predicted octanol–water partition coefficient (Wildman–Crippen LogP) is 4.15. The first kappa shape index (κ1) is 20.6. The van der Waals surface area contributed by atoms with Crippen LogP contribution in [-0.4, -0.2) is 49.7 Å². The van der Waals surface area contributed by atoms with Crippen LogP contribution in [-0.2, 0) is 10.0 Å². The number of rotatable bonds is 4. The van der Waals surface area contributed by atoms with Crippen molar-refractivity contribution >= 4 is 27.5 Å². The van der Waals surface area contributed by atoms with Gasteiger partial charge in [0.2, 0.25) is 10.0 Å². The quantitative estimate of drug-likeness (QED) is 0.612. The first-order valence-corrected chi connectivity index (χ1v) is 11.5. The zero-order valence-electron chi connectivity index (χ0n) is 16.2. The van der Waals surface area contributed by atoms with Crippen molar-refractivity contribution in [3.8, 4) is 11.1 Å². The first-order chi connectivity index (χ1) is 14.5. The molecule has 3 aromatic carbocycles. The number of carbonyl (C=O) groups is 1. The van der Waals surface area contributed by atoms with Crippen LogP contribution in [0.15, 0.2) is 83.8 Å². The van der Waals surface area contributed by atoms with Crippen LogP contribution in [0.2, 0.25) is 5.02 Å². The average Bonchev–Trinajstić information content (AvgIpc) is 2.79. The number of benzene rings is 3. The van der Waals surface area contributed by atoms with E-state index in [1.807, 2.05) is 54.6 Å². The van der Waals surface area contributed by atoms with Gasteiger partial charge in [-0.15, -0.1) is 0 Å². The Bertz CT molecular complexity index is 1160. The summed E-state index contributed by atoms with van der Waals surface area (Å²) in [7, 11) is -3.69. The number of piperazine rings is 1. The molecular weight excluding hydrogens is 420 g/mol. The number of hydrogen-bond acceptors (Lipinski definition) is 3. The Hall–Kier alpha value is -2.67. The maximum absolute atomic E-state index is 13.2. The van der Waals surface area contributed by atoms with Crippen LogP contribution >= 0.6 is 11.6 Å². The van der Waals surface area contributed by atoms with E-state index in [9.17, 15) is 13.2 Å². The Morgan fingerprint density at radius 2 is 1.37 bits per heavy atom. The molecule has 5 nitrogen and oxygen atoms in total. The Kier molecular flexibility index (Phi) is 5.90. The minimum Gasteiger partial charge on any atom is -0.336 e. The fraction of sp³-hybridized carbons (Fsp3) is 0.174. The molecule has 0 aromatic heterocycles. The lowest BCUT2D eigenvalue weighted by atomic mass is 9.99. The second kappa shape index (κ2) is 8.60. The fourth-order valence-electron chi connectivity index (χ4n) is 3.63. The Balaban J connectivity index is 1.52. The summed E-state index contributed by atoms with van der Waals surface area (Å²) >= 11 is 6.09. The fourth-order valence-corrected chi connectivity index (χ4v) is 5.55. The molecule has 7 heteroatoms. The monoisotopic (exact) mass is 440 g/mol. The lowest BCUT2D eigenvalue weighted by molar-refractivity contribution is 0.0698. The molecule has 1 heterocycles. The molecule has 0 spiro atoms. The lowest BCUT2D eigenvalue weighted by Crippen LogP contribution is -2.50. The highest BCUT2D eigenvalue weighted by molar-refractivity contribution is 7.89. The Morgan fingerprint density at radius 3 is 2.07 bits per heavy atom. The second-order valence-corrected chi connectivity index (χ2v) is 9.35. The van der Waals surface area contributed by atoms with Crippen molar-refractivity contribution in [2.75, 3.05) is 26.2 Å². The topological polar surface area (TPSA) is 57.7 Å². The van der Waals surface area contributed by atoms with Crippen LogP contribution in [0.4, 0.5) is 0 Å². The largest absolute Gasteiger partial charge is 0.336 e. The SMILES string of the molecule is O=C(c1ccccc1-c1ccccc1)N1CCN(S(=O)(=O)c2ccccc2Cl)CC1. The summed E-state index contributed by atoms with van der Waals surface area (Å²) in [6.45, 7) is 1.11. The summed E-state index contributed by atoms with van der Waals surface area (Å²) < 4.78 is 27.3. The minimum atomic E-state index is -3.69. The van der Waals surface area contributed by atoms with Crippen molar-refractivity contribution in [2.45, 2.75) is 4.90 Å². The van der Waals surface area contributed by atoms with E-state index in [1.54, 1.807) is 23.1 Å². The van der Waals surface area contributed by atoms with Gasteiger partial charge in [0.1, 0.15) is 4.90 Å². The number of sulfonamides is 1. The van der Waals surface area contributed by atoms with Crippen molar-refractivity contribution in [2.24, 2.45) is 0 Å². The molecule has 1 aliphatic heterocycles. The molecule has 0 bridgehead atoms. The highest BCUT2D eigenvalue weighted by atomic mass is 35.5. The molecule has 1 saturated heterocycles. The molecule has 154 valence electrons. The number of hydrogen-bond donors (Lipinski definition) is 0. The number of halogens is 1. The third kappa shape index (κ3) is 3.99. The second-order valence-electron chi connectivity index (χ2n) is 7.04. The third-order valence-corrected chi connectivity index (χ3v) is 7.62. The number of nitrogens with zero attached hydrogens (tertiary/aromatic N) is 2. The van der Waals surface area contributed by atoms with Crippen LogP contribution in [0.3, 0.4) is 0 Å². The van der Waals surface area contributed by atoms with E-state index in [4.69, 9.17) is 11.6 Å². The van der Waals surface area contributed by atoms with Crippen LogP contribution in [0, 0.1) is 0 Å². The van der Waals surface area contributed by atoms with Crippen molar-refractivity contribution in [3.05, 3.63) is 89.4 Å². The van der Waals surface area contributed by atoms with Crippen LogP contribution < -0.4 is 0 Å². The van der Waals surface area contributed by atoms with Gasteiger partial charge in [0, 0.05) is 31.7 Å². The normalized spacial score (nSPS) is 15.2. The van der Waals surface area contributed by atoms with E-state index in [2.05, 4.69) is 0 Å². The van der Waals surface area contributed by atoms with Gasteiger partial charge in [0.15, 0.2) is 0 Å². The number of carbonyl (C=O) groups excluding carboxylic acids is 1. The zero-order valence-corrected chi connectivity index (χ0v) is 17.8. The van der Waals surface area contributed by atoms with E-state index in [-0.39, 0.29) is 28.9 Å². The van der Waals surface area contributed by atoms with Crippen LogP contribution in [0.5, 0.6) is 0 Å². The van der Waals surface area contributed by atoms with Crippen molar-refractivity contribution < 1.29 is 13.2 Å². The minimum absolute atomic E-state index is 0.0933. The molecule has 0 aliphatic carbocycles. The smallest absolute Gasteiger partial charge is 0.254 e. The highest BCUT2D eigenvalue weighted by Crippen LogP contribution is 2.27. The Labute approximate surface area is 181 Å². The molecule has 1 amide bonds. The van der Waals surface area contributed by atoms with Crippen LogP contribution in [0.1, 0.15) is 10.4 Å². The van der Waals surface area contributed by atoms with Gasteiger partial charge >= 0.3 is 0 Å². The van der Waals surface area contributed by atoms with E-state index in [0.29, 0.717) is 18.7 Å². The first-order valence-electron chi connectivity index (χ1n) is 9.67. The lowest BCUT2D eigenvalue weighted by Gasteiger charge is -2.34. The predicted molar refractivity (Wildman–Crippen MR) is 118 cm³/mol. The van der Waals surface area contributed by atoms with Crippen molar-refractivity contribution in [1.29, 1.82) is 0 Å².